The van der Waals surface area contributed by atoms with Crippen LogP contribution in [0.2, 0.25) is 0 Å². The van der Waals surface area contributed by atoms with E-state index in [1.54, 1.807) is 31.6 Å². The van der Waals surface area contributed by atoms with Crippen molar-refractivity contribution in [1.82, 2.24) is 15.3 Å². The molecule has 1 N–H and O–H groups in total. The summed E-state index contributed by atoms with van der Waals surface area (Å²) < 4.78 is 22.4. The molecule has 1 fully saturated rings. The van der Waals surface area contributed by atoms with Gasteiger partial charge in [0.2, 0.25) is 11.8 Å². The van der Waals surface area contributed by atoms with E-state index in [2.05, 4.69) is 15.3 Å². The summed E-state index contributed by atoms with van der Waals surface area (Å²) in [6.07, 6.45) is 5.79. The molecule has 0 spiro atoms. The highest BCUT2D eigenvalue weighted by molar-refractivity contribution is 5.94. The van der Waals surface area contributed by atoms with E-state index in [0.29, 0.717) is 43.6 Å². The highest BCUT2D eigenvalue weighted by atomic mass is 16.5. The molecule has 3 aromatic rings. The van der Waals surface area contributed by atoms with Crippen LogP contribution >= 0.6 is 0 Å². The second-order valence-corrected chi connectivity index (χ2v) is 8.37. The Morgan fingerprint density at radius 1 is 1.03 bits per heavy atom. The highest BCUT2D eigenvalue weighted by Gasteiger charge is 2.25. The minimum atomic E-state index is -0.189. The molecule has 1 aromatic carbocycles. The van der Waals surface area contributed by atoms with Gasteiger partial charge in [-0.3, -0.25) is 4.79 Å². The lowest BCUT2D eigenvalue weighted by molar-refractivity contribution is 0.0237. The number of pyridine rings is 2. The van der Waals surface area contributed by atoms with Gasteiger partial charge in [-0.05, 0) is 23.8 Å². The van der Waals surface area contributed by atoms with Crippen LogP contribution in [0.5, 0.6) is 17.5 Å². The molecule has 0 unspecified atom stereocenters. The third-order valence-electron chi connectivity index (χ3n) is 6.07. The van der Waals surface area contributed by atoms with E-state index in [0.717, 1.165) is 35.3 Å². The second-order valence-electron chi connectivity index (χ2n) is 8.37. The zero-order chi connectivity index (χ0) is 23.3. The average molecular weight is 462 g/mol. The molecule has 4 heterocycles. The Labute approximate surface area is 198 Å². The van der Waals surface area contributed by atoms with E-state index < -0.39 is 0 Å². The molecule has 2 aliphatic rings. The number of fused-ring (bicyclic) bond motifs is 1. The van der Waals surface area contributed by atoms with Crippen molar-refractivity contribution in [1.29, 1.82) is 0 Å². The highest BCUT2D eigenvalue weighted by Crippen LogP contribution is 2.34. The number of hydrogen-bond acceptors (Lipinski definition) is 7. The maximum Gasteiger partial charge on any atom is 0.253 e. The van der Waals surface area contributed by atoms with Gasteiger partial charge in [-0.2, -0.15) is 0 Å². The van der Waals surface area contributed by atoms with Gasteiger partial charge in [0.25, 0.3) is 5.91 Å². The molecule has 1 saturated heterocycles. The molecule has 0 bridgehead atoms. The molecule has 0 aliphatic carbocycles. The molecule has 34 heavy (non-hydrogen) atoms. The standard InChI is InChI=1S/C26H27N3O5/c1-31-24-7-5-17(14-27-24)21-3-2-4-23-22(21)13-19(16-33-23)29-26(30)18-6-8-25(28-15-18)34-20-9-11-32-12-10-20/h2-8,14-15,19-20H,9-13,16H2,1H3,(H,29,30)/t19-/m0/s1. The quantitative estimate of drug-likeness (QED) is 0.601. The lowest BCUT2D eigenvalue weighted by atomic mass is 9.93. The summed E-state index contributed by atoms with van der Waals surface area (Å²) in [6.45, 7) is 1.81. The zero-order valence-corrected chi connectivity index (χ0v) is 19.0. The van der Waals surface area contributed by atoms with Gasteiger partial charge in [-0.25, -0.2) is 9.97 Å². The van der Waals surface area contributed by atoms with E-state index in [9.17, 15) is 4.79 Å². The molecule has 8 heteroatoms. The number of nitrogens with zero attached hydrogens (tertiary/aromatic N) is 2. The molecule has 176 valence electrons. The molecule has 8 nitrogen and oxygen atoms in total. The summed E-state index contributed by atoms with van der Waals surface area (Å²) in [4.78, 5) is 21.5. The molecule has 1 atom stereocenters. The largest absolute Gasteiger partial charge is 0.491 e. The lowest BCUT2D eigenvalue weighted by Gasteiger charge is -2.28. The maximum absolute atomic E-state index is 12.9. The smallest absolute Gasteiger partial charge is 0.253 e. The number of ether oxygens (including phenoxy) is 4. The fraction of sp³-hybridized carbons (Fsp3) is 0.346. The Balaban J connectivity index is 1.25. The molecule has 5 rings (SSSR count). The number of carbonyl (C=O) groups is 1. The normalized spacial score (nSPS) is 17.9. The molecule has 0 saturated carbocycles. The molecule has 2 aromatic heterocycles. The summed E-state index contributed by atoms with van der Waals surface area (Å²) in [7, 11) is 1.59. The first kappa shape index (κ1) is 22.2. The van der Waals surface area contributed by atoms with Crippen molar-refractivity contribution < 1.29 is 23.7 Å². The van der Waals surface area contributed by atoms with Crippen LogP contribution in [0.15, 0.2) is 54.9 Å². The molecular weight excluding hydrogens is 434 g/mol. The van der Waals surface area contributed by atoms with Crippen molar-refractivity contribution in [3.63, 3.8) is 0 Å². The van der Waals surface area contributed by atoms with E-state index in [4.69, 9.17) is 18.9 Å². The summed E-state index contributed by atoms with van der Waals surface area (Å²) in [6, 6.07) is 13.1. The van der Waals surface area contributed by atoms with Gasteiger partial charge in [0.1, 0.15) is 18.5 Å². The van der Waals surface area contributed by atoms with Crippen molar-refractivity contribution in [2.24, 2.45) is 0 Å². The minimum Gasteiger partial charge on any atom is -0.491 e. The Hall–Kier alpha value is -3.65. The van der Waals surface area contributed by atoms with Crippen molar-refractivity contribution in [2.75, 3.05) is 26.9 Å². The third-order valence-corrected chi connectivity index (χ3v) is 6.07. The van der Waals surface area contributed by atoms with Crippen molar-refractivity contribution in [3.8, 4) is 28.6 Å². The van der Waals surface area contributed by atoms with E-state index >= 15 is 0 Å². The first-order valence-corrected chi connectivity index (χ1v) is 11.5. The first-order chi connectivity index (χ1) is 16.7. The molecule has 2 aliphatic heterocycles. The third kappa shape index (κ3) is 4.97. The van der Waals surface area contributed by atoms with Gasteiger partial charge >= 0.3 is 0 Å². The number of hydrogen-bond donors (Lipinski definition) is 1. The number of methoxy groups -OCH3 is 1. The Morgan fingerprint density at radius 2 is 1.85 bits per heavy atom. The number of aromatic nitrogens is 2. The monoisotopic (exact) mass is 461 g/mol. The fourth-order valence-electron chi connectivity index (χ4n) is 4.25. The molecule has 1 amide bonds. The minimum absolute atomic E-state index is 0.107. The Kier molecular flexibility index (Phi) is 6.58. The van der Waals surface area contributed by atoms with Crippen molar-refractivity contribution in [2.45, 2.75) is 31.4 Å². The number of amides is 1. The van der Waals surface area contributed by atoms with Crippen LogP contribution in [0.1, 0.15) is 28.8 Å². The van der Waals surface area contributed by atoms with Gasteiger partial charge in [-0.1, -0.05) is 12.1 Å². The summed E-state index contributed by atoms with van der Waals surface area (Å²) in [5, 5.41) is 3.08. The van der Waals surface area contributed by atoms with E-state index in [-0.39, 0.29) is 18.1 Å². The predicted octanol–water partition coefficient (Wildman–Crippen LogP) is 3.44. The Morgan fingerprint density at radius 3 is 2.59 bits per heavy atom. The number of nitrogens with one attached hydrogen (secondary N) is 1. The maximum atomic E-state index is 12.9. The molecule has 0 radical (unpaired) electrons. The van der Waals surface area contributed by atoms with Crippen LogP contribution in [0.3, 0.4) is 0 Å². The van der Waals surface area contributed by atoms with E-state index in [1.165, 1.54) is 0 Å². The predicted molar refractivity (Wildman–Crippen MR) is 125 cm³/mol. The van der Waals surface area contributed by atoms with Crippen LogP contribution in [0, 0.1) is 0 Å². The molecular formula is C26H27N3O5. The topological polar surface area (TPSA) is 91.8 Å². The summed E-state index contributed by atoms with van der Waals surface area (Å²) >= 11 is 0. The zero-order valence-electron chi connectivity index (χ0n) is 19.0. The van der Waals surface area contributed by atoms with Gasteiger partial charge < -0.3 is 24.3 Å². The summed E-state index contributed by atoms with van der Waals surface area (Å²) in [5.41, 5.74) is 3.53. The van der Waals surface area contributed by atoms with Crippen molar-refractivity contribution in [3.05, 3.63) is 66.0 Å². The number of benzene rings is 1. The van der Waals surface area contributed by atoms with Crippen LogP contribution in [-0.2, 0) is 11.2 Å². The van der Waals surface area contributed by atoms with Crippen LogP contribution in [0.4, 0.5) is 0 Å². The van der Waals surface area contributed by atoms with Crippen molar-refractivity contribution >= 4 is 5.91 Å². The summed E-state index contributed by atoms with van der Waals surface area (Å²) in [5.74, 6) is 1.73. The first-order valence-electron chi connectivity index (χ1n) is 11.5. The van der Waals surface area contributed by atoms with Gasteiger partial charge in [0, 0.05) is 54.9 Å². The Bertz CT molecular complexity index is 1130. The number of carbonyl (C=O) groups excluding carboxylic acids is 1. The lowest BCUT2D eigenvalue weighted by Crippen LogP contribution is -2.42. The van der Waals surface area contributed by atoms with Crippen LogP contribution < -0.4 is 19.5 Å². The van der Waals surface area contributed by atoms with Gasteiger partial charge in [-0.15, -0.1) is 0 Å². The fourth-order valence-corrected chi connectivity index (χ4v) is 4.25. The van der Waals surface area contributed by atoms with Gasteiger partial charge in [0.15, 0.2) is 0 Å². The van der Waals surface area contributed by atoms with Crippen LogP contribution in [-0.4, -0.2) is 55.0 Å². The number of rotatable bonds is 6. The second kappa shape index (κ2) is 10.1. The van der Waals surface area contributed by atoms with E-state index in [1.807, 2.05) is 30.3 Å². The SMILES string of the molecule is COc1ccc(-c2cccc3c2C[C@H](NC(=O)c2ccc(OC4CCOCC4)nc2)CO3)cn1. The van der Waals surface area contributed by atoms with Crippen LogP contribution in [0.25, 0.3) is 11.1 Å². The average Bonchev–Trinajstić information content (AvgIpc) is 2.89. The van der Waals surface area contributed by atoms with Gasteiger partial charge in [0.05, 0.1) is 31.9 Å².